The number of anilines is 2. The molecule has 3 aromatic rings. The average Bonchev–Trinajstić information content (AvgIpc) is 2.79. The van der Waals surface area contributed by atoms with E-state index in [2.05, 4.69) is 0 Å². The van der Waals surface area contributed by atoms with Crippen LogP contribution >= 0.6 is 0 Å². The monoisotopic (exact) mass is 429 g/mol. The fourth-order valence-corrected chi connectivity index (χ4v) is 4.40. The van der Waals surface area contributed by atoms with Gasteiger partial charge < -0.3 is 9.80 Å². The third-order valence-corrected chi connectivity index (χ3v) is 5.77. The zero-order valence-corrected chi connectivity index (χ0v) is 17.8. The van der Waals surface area contributed by atoms with Crippen molar-refractivity contribution in [2.24, 2.45) is 0 Å². The number of para-hydroxylation sites is 2. The molecule has 0 fully saturated rings. The van der Waals surface area contributed by atoms with Gasteiger partial charge in [-0.05, 0) is 43.2 Å². The van der Waals surface area contributed by atoms with E-state index in [0.717, 1.165) is 11.3 Å². The third kappa shape index (κ3) is 3.85. The normalized spacial score (nSPS) is 17.4. The van der Waals surface area contributed by atoms with Crippen molar-refractivity contribution in [3.05, 3.63) is 100 Å². The minimum absolute atomic E-state index is 0.0818. The molecule has 0 bridgehead atoms. The predicted octanol–water partition coefficient (Wildman–Crippen LogP) is 5.13. The van der Waals surface area contributed by atoms with Gasteiger partial charge >= 0.3 is 0 Å². The number of fused-ring (bicyclic) bond motifs is 1. The highest BCUT2D eigenvalue weighted by atomic mass is 16.6. The number of nitrogens with zero attached hydrogens (tertiary/aromatic N) is 3. The second kappa shape index (κ2) is 8.63. The number of nitro benzene ring substituents is 1. The third-order valence-electron chi connectivity index (χ3n) is 5.77. The molecular weight excluding hydrogens is 406 g/mol. The molecule has 0 aromatic heterocycles. The lowest BCUT2D eigenvalue weighted by Crippen LogP contribution is -2.47. The van der Waals surface area contributed by atoms with Crippen molar-refractivity contribution in [3.63, 3.8) is 0 Å². The van der Waals surface area contributed by atoms with E-state index >= 15 is 0 Å². The summed E-state index contributed by atoms with van der Waals surface area (Å²) in [6.45, 7) is 3.47. The molecule has 1 aliphatic rings. The number of hydrogen-bond donors (Lipinski definition) is 0. The summed E-state index contributed by atoms with van der Waals surface area (Å²) < 4.78 is 0. The molecule has 3 aromatic carbocycles. The maximum absolute atomic E-state index is 13.5. The largest absolute Gasteiger partial charge is 0.305 e. The van der Waals surface area contributed by atoms with Crippen molar-refractivity contribution in [1.29, 1.82) is 0 Å². The highest BCUT2D eigenvalue weighted by Crippen LogP contribution is 2.42. The lowest BCUT2D eigenvalue weighted by atomic mass is 9.89. The fourth-order valence-electron chi connectivity index (χ4n) is 4.40. The van der Waals surface area contributed by atoms with Gasteiger partial charge in [-0.15, -0.1) is 0 Å². The fraction of sp³-hybridized carbons (Fsp3) is 0.200. The lowest BCUT2D eigenvalue weighted by Gasteiger charge is -2.43. The van der Waals surface area contributed by atoms with Gasteiger partial charge in [0.05, 0.1) is 11.0 Å². The zero-order valence-electron chi connectivity index (χ0n) is 17.8. The molecule has 162 valence electrons. The Hall–Kier alpha value is -4.00. The van der Waals surface area contributed by atoms with Crippen molar-refractivity contribution >= 4 is 28.9 Å². The minimum atomic E-state index is -0.509. The van der Waals surface area contributed by atoms with Crippen molar-refractivity contribution in [3.8, 4) is 0 Å². The summed E-state index contributed by atoms with van der Waals surface area (Å²) in [6, 6.07) is 22.3. The number of hydrogen-bond acceptors (Lipinski definition) is 4. The first kappa shape index (κ1) is 21.2. The van der Waals surface area contributed by atoms with Gasteiger partial charge in [-0.2, -0.15) is 0 Å². The smallest absolute Gasteiger partial charge is 0.270 e. The second-order valence-electron chi connectivity index (χ2n) is 7.87. The van der Waals surface area contributed by atoms with Crippen LogP contribution in [0.15, 0.2) is 78.9 Å². The molecule has 0 unspecified atom stereocenters. The van der Waals surface area contributed by atoms with Gasteiger partial charge in [0.1, 0.15) is 0 Å². The first-order chi connectivity index (χ1) is 15.4. The van der Waals surface area contributed by atoms with Gasteiger partial charge in [0.2, 0.25) is 5.91 Å². The summed E-state index contributed by atoms with van der Waals surface area (Å²) >= 11 is 0. The van der Waals surface area contributed by atoms with E-state index in [1.807, 2.05) is 61.5 Å². The topological polar surface area (TPSA) is 83.8 Å². The molecule has 0 saturated heterocycles. The second-order valence-corrected chi connectivity index (χ2v) is 7.87. The van der Waals surface area contributed by atoms with Gasteiger partial charge in [0.25, 0.3) is 11.6 Å². The highest BCUT2D eigenvalue weighted by molar-refractivity contribution is 6.08. The molecule has 0 aliphatic carbocycles. The van der Waals surface area contributed by atoms with Gasteiger partial charge in [-0.25, -0.2) is 0 Å². The van der Waals surface area contributed by atoms with E-state index in [1.165, 1.54) is 18.2 Å². The van der Waals surface area contributed by atoms with E-state index in [0.29, 0.717) is 12.1 Å². The summed E-state index contributed by atoms with van der Waals surface area (Å²) in [4.78, 5) is 40.2. The van der Waals surface area contributed by atoms with E-state index in [1.54, 1.807) is 22.8 Å². The average molecular weight is 429 g/mol. The number of carbonyl (C=O) groups is 2. The van der Waals surface area contributed by atoms with Crippen LogP contribution in [0.3, 0.4) is 0 Å². The quantitative estimate of drug-likeness (QED) is 0.425. The molecule has 7 heteroatoms. The van der Waals surface area contributed by atoms with E-state index in [4.69, 9.17) is 0 Å². The number of benzene rings is 3. The van der Waals surface area contributed by atoms with E-state index < -0.39 is 4.92 Å². The molecule has 0 spiro atoms. The minimum Gasteiger partial charge on any atom is -0.305 e. The van der Waals surface area contributed by atoms with Crippen LogP contribution in [0.4, 0.5) is 17.1 Å². The Morgan fingerprint density at radius 1 is 1.00 bits per heavy atom. The van der Waals surface area contributed by atoms with Crippen molar-refractivity contribution in [2.45, 2.75) is 32.4 Å². The molecule has 0 N–H and O–H groups in total. The summed E-state index contributed by atoms with van der Waals surface area (Å²) in [5.41, 5.74) is 2.49. The standard InChI is InChI=1S/C25H23N3O4/c1-17-15-24(27(18(2)29)20-10-4-3-5-11-20)22-13-6-7-14-23(22)26(17)25(30)19-9-8-12-21(16-19)28(31)32/h3-14,16-17,24H,15H2,1-2H3/t17-,24+/m0/s1. The number of rotatable bonds is 4. The Morgan fingerprint density at radius 3 is 2.38 bits per heavy atom. The Labute approximate surface area is 186 Å². The maximum Gasteiger partial charge on any atom is 0.270 e. The predicted molar refractivity (Wildman–Crippen MR) is 123 cm³/mol. The molecule has 0 saturated carbocycles. The maximum atomic E-state index is 13.5. The molecule has 1 heterocycles. The van der Waals surface area contributed by atoms with Crippen LogP contribution < -0.4 is 9.80 Å². The highest BCUT2D eigenvalue weighted by Gasteiger charge is 2.38. The van der Waals surface area contributed by atoms with Crippen molar-refractivity contribution < 1.29 is 14.5 Å². The zero-order chi connectivity index (χ0) is 22.8. The van der Waals surface area contributed by atoms with Crippen LogP contribution in [0, 0.1) is 10.1 Å². The number of non-ortho nitro benzene ring substituents is 1. The first-order valence-corrected chi connectivity index (χ1v) is 10.4. The molecular formula is C25H23N3O4. The Bertz CT molecular complexity index is 1180. The Kier molecular flexibility index (Phi) is 5.73. The van der Waals surface area contributed by atoms with Gasteiger partial charge in [-0.3, -0.25) is 19.7 Å². The Morgan fingerprint density at radius 2 is 1.69 bits per heavy atom. The van der Waals surface area contributed by atoms with Gasteiger partial charge in [-0.1, -0.05) is 42.5 Å². The SMILES string of the molecule is CC(=O)N(c1ccccc1)[C@@H]1C[C@H](C)N(C(=O)c2cccc([N+](=O)[O-])c2)c2ccccc21. The summed E-state index contributed by atoms with van der Waals surface area (Å²) in [5.74, 6) is -0.386. The van der Waals surface area contributed by atoms with Crippen LogP contribution in [0.5, 0.6) is 0 Å². The van der Waals surface area contributed by atoms with Crippen LogP contribution in [-0.4, -0.2) is 22.8 Å². The van der Waals surface area contributed by atoms with Crippen LogP contribution in [0.25, 0.3) is 0 Å². The lowest BCUT2D eigenvalue weighted by molar-refractivity contribution is -0.384. The van der Waals surface area contributed by atoms with Crippen LogP contribution in [0.2, 0.25) is 0 Å². The van der Waals surface area contributed by atoms with E-state index in [-0.39, 0.29) is 35.1 Å². The van der Waals surface area contributed by atoms with Crippen LogP contribution in [-0.2, 0) is 4.79 Å². The molecule has 32 heavy (non-hydrogen) atoms. The molecule has 2 atom stereocenters. The van der Waals surface area contributed by atoms with Crippen LogP contribution in [0.1, 0.15) is 42.2 Å². The molecule has 4 rings (SSSR count). The summed E-state index contributed by atoms with van der Waals surface area (Å²) in [5, 5.41) is 11.2. The summed E-state index contributed by atoms with van der Waals surface area (Å²) in [6.07, 6.45) is 0.534. The number of carbonyl (C=O) groups excluding carboxylic acids is 2. The first-order valence-electron chi connectivity index (χ1n) is 10.4. The molecule has 0 radical (unpaired) electrons. The number of amides is 2. The summed E-state index contributed by atoms with van der Waals surface area (Å²) in [7, 11) is 0. The van der Waals surface area contributed by atoms with Gasteiger partial charge in [0.15, 0.2) is 0 Å². The molecule has 1 aliphatic heterocycles. The Balaban J connectivity index is 1.77. The molecule has 7 nitrogen and oxygen atoms in total. The van der Waals surface area contributed by atoms with Crippen molar-refractivity contribution in [1.82, 2.24) is 0 Å². The van der Waals surface area contributed by atoms with Gasteiger partial charge in [0, 0.05) is 42.0 Å². The van der Waals surface area contributed by atoms with Crippen molar-refractivity contribution in [2.75, 3.05) is 9.80 Å². The number of nitro groups is 1. The molecule has 2 amide bonds. The van der Waals surface area contributed by atoms with E-state index in [9.17, 15) is 19.7 Å².